The van der Waals surface area contributed by atoms with Gasteiger partial charge in [0, 0.05) is 34.4 Å². The van der Waals surface area contributed by atoms with Crippen molar-refractivity contribution in [1.82, 2.24) is 0 Å². The summed E-state index contributed by atoms with van der Waals surface area (Å²) in [5, 5.41) is 0. The van der Waals surface area contributed by atoms with E-state index in [9.17, 15) is 9.59 Å². The number of amides is 2. The first-order chi connectivity index (χ1) is 12.1. The van der Waals surface area contributed by atoms with Crippen molar-refractivity contribution in [3.8, 4) is 0 Å². The van der Waals surface area contributed by atoms with Gasteiger partial charge in [0.1, 0.15) is 0 Å². The van der Waals surface area contributed by atoms with Crippen molar-refractivity contribution >= 4 is 55.0 Å². The highest BCUT2D eigenvalue weighted by Crippen LogP contribution is 2.58. The van der Waals surface area contributed by atoms with Crippen LogP contribution in [0.25, 0.3) is 0 Å². The maximum Gasteiger partial charge on any atom is 0.238 e. The van der Waals surface area contributed by atoms with E-state index in [-0.39, 0.29) is 11.8 Å². The van der Waals surface area contributed by atoms with Crippen LogP contribution in [0.5, 0.6) is 0 Å². The summed E-state index contributed by atoms with van der Waals surface area (Å²) in [5.41, 5.74) is 1.44. The third-order valence-corrected chi connectivity index (χ3v) is 7.17. The van der Waals surface area contributed by atoms with Crippen molar-refractivity contribution < 1.29 is 9.59 Å². The molecule has 0 N–H and O–H groups in total. The van der Waals surface area contributed by atoms with Crippen LogP contribution < -0.4 is 9.80 Å². The minimum absolute atomic E-state index is 0.0670. The molecule has 2 aromatic rings. The number of hydrogen-bond donors (Lipinski definition) is 0. The molecule has 0 aromatic heterocycles. The molecule has 2 unspecified atom stereocenters. The normalized spacial score (nSPS) is 27.2. The molecule has 0 radical (unpaired) electrons. The van der Waals surface area contributed by atoms with E-state index in [1.54, 1.807) is 23.9 Å². The third kappa shape index (κ3) is 1.89. The summed E-state index contributed by atoms with van der Waals surface area (Å²) in [5.74, 6) is -0.134. The van der Waals surface area contributed by atoms with Gasteiger partial charge in [0.15, 0.2) is 0 Å². The average molecular weight is 478 g/mol. The summed E-state index contributed by atoms with van der Waals surface area (Å²) >= 11 is 7.04. The van der Waals surface area contributed by atoms with Crippen molar-refractivity contribution in [2.45, 2.75) is 24.7 Å². The lowest BCUT2D eigenvalue weighted by molar-refractivity contribution is -0.133. The molecule has 6 heteroatoms. The van der Waals surface area contributed by atoms with E-state index in [1.165, 1.54) is 0 Å². The molecule has 0 saturated heterocycles. The summed E-state index contributed by atoms with van der Waals surface area (Å²) in [7, 11) is 3.54. The largest absolute Gasteiger partial charge is 0.314 e. The van der Waals surface area contributed by atoms with Gasteiger partial charge in [-0.05, 0) is 61.4 Å². The van der Waals surface area contributed by atoms with E-state index in [4.69, 9.17) is 0 Å². The molecule has 2 aliphatic heterocycles. The van der Waals surface area contributed by atoms with Crippen LogP contribution in [0.3, 0.4) is 0 Å². The second-order valence-corrected chi connectivity index (χ2v) is 9.13. The molecule has 0 saturated carbocycles. The molecule has 2 atom stereocenters. The first kappa shape index (κ1) is 17.7. The monoisotopic (exact) mass is 476 g/mol. The van der Waals surface area contributed by atoms with Gasteiger partial charge in [0.2, 0.25) is 11.8 Å². The Hall–Kier alpha value is -1.66. The van der Waals surface area contributed by atoms with E-state index in [1.807, 2.05) is 50.2 Å². The molecule has 4 nitrogen and oxygen atoms in total. The maximum atomic E-state index is 13.5. The van der Waals surface area contributed by atoms with Gasteiger partial charge in [-0.1, -0.05) is 31.9 Å². The summed E-state index contributed by atoms with van der Waals surface area (Å²) in [6, 6.07) is 11.6. The molecule has 0 bridgehead atoms. The molecule has 0 aliphatic carbocycles. The van der Waals surface area contributed by atoms with Crippen molar-refractivity contribution in [2.75, 3.05) is 23.9 Å². The lowest BCUT2D eigenvalue weighted by atomic mass is 9.59. The highest BCUT2D eigenvalue weighted by molar-refractivity contribution is 9.10. The first-order valence-electron chi connectivity index (χ1n) is 8.30. The van der Waals surface area contributed by atoms with Crippen LogP contribution >= 0.6 is 31.9 Å². The Morgan fingerprint density at radius 3 is 1.42 bits per heavy atom. The molecule has 4 rings (SSSR count). The van der Waals surface area contributed by atoms with Gasteiger partial charge in [0.05, 0.1) is 10.8 Å². The molecule has 0 fully saturated rings. The standard InChI is InChI=1S/C20H18Br2N2O2/c1-19(13-9-11(21)5-7-15(13)23(3)17(19)25)20(2)14-10-12(22)6-8-16(14)24(4)18(20)26/h5-10H,1-4H3. The van der Waals surface area contributed by atoms with Gasteiger partial charge in [-0.3, -0.25) is 9.59 Å². The number of halogens is 2. The number of likely N-dealkylation sites (N-methyl/N-ethyl adjacent to an activating group) is 2. The highest BCUT2D eigenvalue weighted by atomic mass is 79.9. The fourth-order valence-corrected chi connectivity index (χ4v) is 5.21. The second-order valence-electron chi connectivity index (χ2n) is 7.30. The molecule has 2 heterocycles. The predicted octanol–water partition coefficient (Wildman–Crippen LogP) is 4.38. The Morgan fingerprint density at radius 1 is 0.731 bits per heavy atom. The lowest BCUT2D eigenvalue weighted by Crippen LogP contribution is -2.56. The fraction of sp³-hybridized carbons (Fsp3) is 0.300. The number of carbonyl (C=O) groups excluding carboxylic acids is 2. The Morgan fingerprint density at radius 2 is 1.08 bits per heavy atom. The quantitative estimate of drug-likeness (QED) is 0.611. The van der Waals surface area contributed by atoms with E-state index < -0.39 is 10.8 Å². The zero-order chi connectivity index (χ0) is 19.0. The number of rotatable bonds is 1. The molecular formula is C20H18Br2N2O2. The first-order valence-corrected chi connectivity index (χ1v) is 9.89. The SMILES string of the molecule is CN1C(=O)C(C)(C2(C)C(=O)N(C)c3ccc(Br)cc32)c2cc(Br)ccc21. The van der Waals surface area contributed by atoms with Gasteiger partial charge in [-0.2, -0.15) is 0 Å². The second kappa shape index (κ2) is 5.42. The molecule has 26 heavy (non-hydrogen) atoms. The van der Waals surface area contributed by atoms with Crippen LogP contribution in [0.1, 0.15) is 25.0 Å². The van der Waals surface area contributed by atoms with Crippen LogP contribution in [0.4, 0.5) is 11.4 Å². The van der Waals surface area contributed by atoms with Crippen LogP contribution in [0, 0.1) is 0 Å². The number of benzene rings is 2. The van der Waals surface area contributed by atoms with Crippen LogP contribution in [-0.4, -0.2) is 25.9 Å². The number of anilines is 2. The third-order valence-electron chi connectivity index (χ3n) is 6.18. The van der Waals surface area contributed by atoms with Crippen molar-refractivity contribution in [2.24, 2.45) is 0 Å². The van der Waals surface area contributed by atoms with Crippen LogP contribution in [0.15, 0.2) is 45.3 Å². The molecular weight excluding hydrogens is 460 g/mol. The minimum atomic E-state index is -1.00. The fourth-order valence-electron chi connectivity index (χ4n) is 4.49. The van der Waals surface area contributed by atoms with Gasteiger partial charge in [0.25, 0.3) is 0 Å². The summed E-state index contributed by atoms with van der Waals surface area (Å²) in [6.45, 7) is 3.79. The predicted molar refractivity (Wildman–Crippen MR) is 110 cm³/mol. The van der Waals surface area contributed by atoms with Gasteiger partial charge < -0.3 is 9.80 Å². The van der Waals surface area contributed by atoms with E-state index in [2.05, 4.69) is 31.9 Å². The highest BCUT2D eigenvalue weighted by Gasteiger charge is 2.65. The molecule has 2 aromatic carbocycles. The maximum absolute atomic E-state index is 13.5. The minimum Gasteiger partial charge on any atom is -0.314 e. The zero-order valence-electron chi connectivity index (χ0n) is 14.9. The van der Waals surface area contributed by atoms with Crippen molar-refractivity contribution in [3.63, 3.8) is 0 Å². The summed E-state index contributed by atoms with van der Waals surface area (Å²) in [4.78, 5) is 30.3. The van der Waals surface area contributed by atoms with Crippen LogP contribution in [0.2, 0.25) is 0 Å². The Balaban J connectivity index is 2.07. The van der Waals surface area contributed by atoms with Gasteiger partial charge in [-0.25, -0.2) is 0 Å². The van der Waals surface area contributed by atoms with Gasteiger partial charge in [-0.15, -0.1) is 0 Å². The molecule has 134 valence electrons. The number of fused-ring (bicyclic) bond motifs is 2. The number of carbonyl (C=O) groups is 2. The summed E-state index contributed by atoms with van der Waals surface area (Å²) in [6.07, 6.45) is 0. The summed E-state index contributed by atoms with van der Waals surface area (Å²) < 4.78 is 1.78. The van der Waals surface area contributed by atoms with Crippen molar-refractivity contribution in [1.29, 1.82) is 0 Å². The Labute approximate surface area is 169 Å². The Kier molecular flexibility index (Phi) is 3.70. The van der Waals surface area contributed by atoms with E-state index in [0.717, 1.165) is 31.4 Å². The lowest BCUT2D eigenvalue weighted by Gasteiger charge is -2.39. The molecule has 0 spiro atoms. The Bertz CT molecular complexity index is 910. The van der Waals surface area contributed by atoms with E-state index >= 15 is 0 Å². The zero-order valence-corrected chi connectivity index (χ0v) is 18.1. The van der Waals surface area contributed by atoms with Crippen LogP contribution in [-0.2, 0) is 20.4 Å². The van der Waals surface area contributed by atoms with Gasteiger partial charge >= 0.3 is 0 Å². The molecule has 2 aliphatic rings. The topological polar surface area (TPSA) is 40.6 Å². The number of nitrogens with zero attached hydrogens (tertiary/aromatic N) is 2. The average Bonchev–Trinajstić information content (AvgIpc) is 2.93. The smallest absolute Gasteiger partial charge is 0.238 e. The number of hydrogen-bond acceptors (Lipinski definition) is 2. The van der Waals surface area contributed by atoms with Crippen molar-refractivity contribution in [3.05, 3.63) is 56.5 Å². The van der Waals surface area contributed by atoms with E-state index in [0.29, 0.717) is 0 Å². The molecule has 2 amide bonds.